The van der Waals surface area contributed by atoms with E-state index in [1.165, 1.54) is 0 Å². The monoisotopic (exact) mass is 453 g/mol. The molecule has 2 heterocycles. The molecular formula is C28H27N3O3. The quantitative estimate of drug-likeness (QED) is 0.625. The molecule has 34 heavy (non-hydrogen) atoms. The molecule has 3 aromatic rings. The van der Waals surface area contributed by atoms with Crippen LogP contribution < -0.4 is 10.2 Å². The Hall–Kier alpha value is -3.93. The molecule has 6 nitrogen and oxygen atoms in total. The topological polar surface area (TPSA) is 69.7 Å². The Morgan fingerprint density at radius 3 is 2.59 bits per heavy atom. The summed E-state index contributed by atoms with van der Waals surface area (Å²) in [5, 5.41) is 3.04. The number of para-hydroxylation sites is 1. The molecule has 0 bridgehead atoms. The lowest BCUT2D eigenvalue weighted by Crippen LogP contribution is -2.44. The highest BCUT2D eigenvalue weighted by Crippen LogP contribution is 2.33. The average Bonchev–Trinajstić information content (AvgIpc) is 3.35. The van der Waals surface area contributed by atoms with Gasteiger partial charge in [0, 0.05) is 12.1 Å². The minimum absolute atomic E-state index is 0.0663. The smallest absolute Gasteiger partial charge is 0.256 e. The van der Waals surface area contributed by atoms with Crippen LogP contribution in [-0.4, -0.2) is 35.2 Å². The van der Waals surface area contributed by atoms with Crippen LogP contribution >= 0.6 is 0 Å². The maximum atomic E-state index is 13.5. The molecule has 0 aliphatic carbocycles. The number of hydrogen-bond donors (Lipinski definition) is 1. The number of nitrogens with one attached hydrogen (secondary N) is 1. The molecule has 0 saturated carbocycles. The van der Waals surface area contributed by atoms with Gasteiger partial charge in [0.25, 0.3) is 11.8 Å². The van der Waals surface area contributed by atoms with Gasteiger partial charge in [0.2, 0.25) is 5.91 Å². The third-order valence-electron chi connectivity index (χ3n) is 6.67. The molecule has 5 rings (SSSR count). The van der Waals surface area contributed by atoms with Gasteiger partial charge in [0.05, 0.1) is 23.8 Å². The highest BCUT2D eigenvalue weighted by atomic mass is 16.2. The first-order chi connectivity index (χ1) is 16.5. The first kappa shape index (κ1) is 21.9. The van der Waals surface area contributed by atoms with E-state index in [1.807, 2.05) is 73.7 Å². The second-order valence-electron chi connectivity index (χ2n) is 8.90. The van der Waals surface area contributed by atoms with Gasteiger partial charge in [-0.1, -0.05) is 54.6 Å². The number of anilines is 1. The number of nitrogens with zero attached hydrogens (tertiary/aromatic N) is 2. The molecule has 172 valence electrons. The van der Waals surface area contributed by atoms with Crippen molar-refractivity contribution in [3.05, 3.63) is 101 Å². The zero-order valence-corrected chi connectivity index (χ0v) is 19.1. The fourth-order valence-corrected chi connectivity index (χ4v) is 4.87. The Kier molecular flexibility index (Phi) is 5.88. The van der Waals surface area contributed by atoms with E-state index in [2.05, 4.69) is 5.32 Å². The van der Waals surface area contributed by atoms with Gasteiger partial charge < -0.3 is 15.1 Å². The van der Waals surface area contributed by atoms with E-state index in [1.54, 1.807) is 21.9 Å². The summed E-state index contributed by atoms with van der Waals surface area (Å²) in [6.07, 6.45) is 1.50. The van der Waals surface area contributed by atoms with E-state index in [9.17, 15) is 14.4 Å². The van der Waals surface area contributed by atoms with Gasteiger partial charge in [0.1, 0.15) is 6.04 Å². The Labute approximate surface area is 199 Å². The standard InChI is InChI=1S/C28H27N3O3/c1-19(21-10-3-2-4-11-21)29-26(32)22-12-7-9-20(17-22)18-31-24-14-6-5-13-23(24)27(33)30-16-8-15-25(30)28(31)34/h2-7,9-14,17,19,25H,8,15-16,18H2,1H3,(H,29,32)/t19-,25+/m0/s1. The summed E-state index contributed by atoms with van der Waals surface area (Å²) >= 11 is 0. The number of fused-ring (bicyclic) bond motifs is 2. The number of rotatable bonds is 5. The number of carbonyl (C=O) groups excluding carboxylic acids is 3. The first-order valence-electron chi connectivity index (χ1n) is 11.7. The second kappa shape index (κ2) is 9.14. The largest absolute Gasteiger partial charge is 0.346 e. The zero-order chi connectivity index (χ0) is 23.7. The average molecular weight is 454 g/mol. The Morgan fingerprint density at radius 1 is 1.00 bits per heavy atom. The predicted molar refractivity (Wildman–Crippen MR) is 130 cm³/mol. The van der Waals surface area contributed by atoms with Crippen LogP contribution in [0.3, 0.4) is 0 Å². The Balaban J connectivity index is 1.40. The van der Waals surface area contributed by atoms with E-state index in [-0.39, 0.29) is 23.8 Å². The molecule has 2 aliphatic heterocycles. The SMILES string of the molecule is C[C@H](NC(=O)c1cccc(CN2C(=O)[C@H]3CCCN3C(=O)c3ccccc32)c1)c1ccccc1. The van der Waals surface area contributed by atoms with Crippen molar-refractivity contribution >= 4 is 23.4 Å². The van der Waals surface area contributed by atoms with Crippen LogP contribution in [-0.2, 0) is 11.3 Å². The molecule has 3 aromatic carbocycles. The molecule has 2 aliphatic rings. The molecule has 0 spiro atoms. The van der Waals surface area contributed by atoms with E-state index in [4.69, 9.17) is 0 Å². The van der Waals surface area contributed by atoms with Crippen molar-refractivity contribution in [2.75, 3.05) is 11.4 Å². The third kappa shape index (κ3) is 4.07. The second-order valence-corrected chi connectivity index (χ2v) is 8.90. The van der Waals surface area contributed by atoms with Gasteiger partial charge >= 0.3 is 0 Å². The maximum absolute atomic E-state index is 13.5. The molecule has 3 amide bonds. The Morgan fingerprint density at radius 2 is 1.76 bits per heavy atom. The van der Waals surface area contributed by atoms with Crippen LogP contribution in [0, 0.1) is 0 Å². The van der Waals surface area contributed by atoms with E-state index in [0.29, 0.717) is 36.3 Å². The summed E-state index contributed by atoms with van der Waals surface area (Å²) in [6, 6.07) is 23.9. The van der Waals surface area contributed by atoms with Crippen molar-refractivity contribution in [2.24, 2.45) is 0 Å². The first-order valence-corrected chi connectivity index (χ1v) is 11.7. The van der Waals surface area contributed by atoms with Crippen molar-refractivity contribution in [1.29, 1.82) is 0 Å². The molecular weight excluding hydrogens is 426 g/mol. The van der Waals surface area contributed by atoms with E-state index >= 15 is 0 Å². The van der Waals surface area contributed by atoms with Crippen LogP contribution in [0.1, 0.15) is 57.7 Å². The molecule has 1 fully saturated rings. The summed E-state index contributed by atoms with van der Waals surface area (Å²) in [6.45, 7) is 2.85. The molecule has 0 aromatic heterocycles. The van der Waals surface area contributed by atoms with Gasteiger partial charge in [-0.25, -0.2) is 0 Å². The number of benzene rings is 3. The minimum atomic E-state index is -0.432. The fourth-order valence-electron chi connectivity index (χ4n) is 4.87. The summed E-state index contributed by atoms with van der Waals surface area (Å²) in [4.78, 5) is 43.0. The number of carbonyl (C=O) groups is 3. The highest BCUT2D eigenvalue weighted by molar-refractivity contribution is 6.11. The summed E-state index contributed by atoms with van der Waals surface area (Å²) in [7, 11) is 0. The molecule has 0 radical (unpaired) electrons. The maximum Gasteiger partial charge on any atom is 0.256 e. The molecule has 1 N–H and O–H groups in total. The van der Waals surface area contributed by atoms with Crippen molar-refractivity contribution in [2.45, 2.75) is 38.4 Å². The predicted octanol–water partition coefficient (Wildman–Crippen LogP) is 4.33. The third-order valence-corrected chi connectivity index (χ3v) is 6.67. The zero-order valence-electron chi connectivity index (χ0n) is 19.1. The van der Waals surface area contributed by atoms with Crippen molar-refractivity contribution in [3.8, 4) is 0 Å². The van der Waals surface area contributed by atoms with Crippen molar-refractivity contribution in [1.82, 2.24) is 10.2 Å². The van der Waals surface area contributed by atoms with Crippen LogP contribution in [0.2, 0.25) is 0 Å². The van der Waals surface area contributed by atoms with E-state index in [0.717, 1.165) is 17.5 Å². The minimum Gasteiger partial charge on any atom is -0.346 e. The highest BCUT2D eigenvalue weighted by Gasteiger charge is 2.41. The molecule has 6 heteroatoms. The van der Waals surface area contributed by atoms with E-state index < -0.39 is 6.04 Å². The van der Waals surface area contributed by atoms with Gasteiger partial charge in [0.15, 0.2) is 0 Å². The fraction of sp³-hybridized carbons (Fsp3) is 0.250. The lowest BCUT2D eigenvalue weighted by Gasteiger charge is -2.26. The van der Waals surface area contributed by atoms with Gasteiger partial charge in [-0.2, -0.15) is 0 Å². The Bertz CT molecular complexity index is 1240. The number of hydrogen-bond acceptors (Lipinski definition) is 3. The summed E-state index contributed by atoms with van der Waals surface area (Å²) < 4.78 is 0. The van der Waals surface area contributed by atoms with Crippen molar-refractivity contribution < 1.29 is 14.4 Å². The van der Waals surface area contributed by atoms with Gasteiger partial charge in [-0.05, 0) is 55.2 Å². The van der Waals surface area contributed by atoms with Crippen molar-refractivity contribution in [3.63, 3.8) is 0 Å². The number of amides is 3. The normalized spacial score (nSPS) is 18.2. The van der Waals surface area contributed by atoms with Crippen LogP contribution in [0.25, 0.3) is 0 Å². The molecule has 2 atom stereocenters. The molecule has 0 unspecified atom stereocenters. The summed E-state index contributed by atoms with van der Waals surface area (Å²) in [5.41, 5.74) is 3.58. The van der Waals surface area contributed by atoms with Crippen LogP contribution in [0.15, 0.2) is 78.9 Å². The van der Waals surface area contributed by atoms with Crippen LogP contribution in [0.5, 0.6) is 0 Å². The van der Waals surface area contributed by atoms with Gasteiger partial charge in [-0.3, -0.25) is 14.4 Å². The lowest BCUT2D eigenvalue weighted by molar-refractivity contribution is -0.122. The van der Waals surface area contributed by atoms with Gasteiger partial charge in [-0.15, -0.1) is 0 Å². The summed E-state index contributed by atoms with van der Waals surface area (Å²) in [5.74, 6) is -0.321. The van der Waals surface area contributed by atoms with Crippen LogP contribution in [0.4, 0.5) is 5.69 Å². The lowest BCUT2D eigenvalue weighted by atomic mass is 10.1. The molecule has 1 saturated heterocycles.